The van der Waals surface area contributed by atoms with Crippen LogP contribution in [0.1, 0.15) is 27.7 Å². The quantitative estimate of drug-likeness (QED) is 0.0255. The van der Waals surface area contributed by atoms with E-state index in [-0.39, 0.29) is 13.2 Å². The molecule has 0 bridgehead atoms. The number of amides is 4. The number of nitrogens with zero attached hydrogens (tertiary/aromatic N) is 1. The Morgan fingerprint density at radius 2 is 0.737 bits per heavy atom. The number of carbonyl (C=O) groups is 4. The summed E-state index contributed by atoms with van der Waals surface area (Å²) in [6, 6.07) is -7.12. The Kier molecular flexibility index (Phi) is 29.9. The molecule has 43 nitrogen and oxygen atoms in total. The lowest BCUT2D eigenvalue weighted by atomic mass is 9.93. The van der Waals surface area contributed by atoms with E-state index in [1.54, 1.807) is 21.1 Å². The van der Waals surface area contributed by atoms with E-state index in [1.165, 1.54) is 0 Å². The van der Waals surface area contributed by atoms with Crippen LogP contribution in [-0.2, 0) is 89.8 Å². The summed E-state index contributed by atoms with van der Waals surface area (Å²) in [5.41, 5.74) is 0. The van der Waals surface area contributed by atoms with E-state index in [4.69, 9.17) is 66.1 Å². The fraction of sp³-hybridized carbons (Fsp3) is 0.927. The molecule has 0 aromatic carbocycles. The number of ether oxygens (including phenoxy) is 13. The molecule has 7 heterocycles. The molecule has 1 unspecified atom stereocenters. The molecule has 99 heavy (non-hydrogen) atoms. The topological polar surface area (TPSA) is 647 Å². The van der Waals surface area contributed by atoms with Crippen LogP contribution in [0, 0.1) is 0 Å². The number of hydrogen-bond acceptors (Lipinski definition) is 37. The summed E-state index contributed by atoms with van der Waals surface area (Å²) in [5, 5.41) is 210. The maximum atomic E-state index is 13.3. The summed E-state index contributed by atoms with van der Waals surface area (Å²) in [7, 11) is 0.687. The molecular formula is C55H97N5O38P+. The highest BCUT2D eigenvalue weighted by molar-refractivity contribution is 7.52. The van der Waals surface area contributed by atoms with E-state index >= 15 is 0 Å². The minimum Gasteiger partial charge on any atom is -0.394 e. The second-order valence-electron chi connectivity index (χ2n) is 26.0. The summed E-state index contributed by atoms with van der Waals surface area (Å²) >= 11 is 0. The van der Waals surface area contributed by atoms with Crippen LogP contribution >= 0.6 is 7.60 Å². The Balaban J connectivity index is 1.20. The predicted octanol–water partition coefficient (Wildman–Crippen LogP) is -14.8. The third-order valence-electron chi connectivity index (χ3n) is 17.4. The fourth-order valence-electron chi connectivity index (χ4n) is 12.2. The highest BCUT2D eigenvalue weighted by Crippen LogP contribution is 2.45. The van der Waals surface area contributed by atoms with Gasteiger partial charge in [0.2, 0.25) is 23.6 Å². The lowest BCUT2D eigenvalue weighted by Crippen LogP contribution is -2.71. The van der Waals surface area contributed by atoms with Gasteiger partial charge in [-0.2, -0.15) is 0 Å². The van der Waals surface area contributed by atoms with Gasteiger partial charge in [-0.25, -0.2) is 0 Å². The zero-order valence-corrected chi connectivity index (χ0v) is 55.6. The van der Waals surface area contributed by atoms with Gasteiger partial charge < -0.3 is 189 Å². The van der Waals surface area contributed by atoms with Crippen LogP contribution in [0.3, 0.4) is 0 Å². The molecule has 23 N–H and O–H groups in total. The molecular weight excluding hydrogens is 1370 g/mol. The number of aliphatic hydroxyl groups is 18. The summed E-state index contributed by atoms with van der Waals surface area (Å²) < 4.78 is 95.9. The molecule has 0 aliphatic carbocycles. The van der Waals surface area contributed by atoms with E-state index in [1.807, 2.05) is 0 Å². The molecule has 574 valence electrons. The van der Waals surface area contributed by atoms with Crippen molar-refractivity contribution in [2.75, 3.05) is 80.1 Å². The van der Waals surface area contributed by atoms with E-state index < -0.39 is 292 Å². The third-order valence-corrected chi connectivity index (χ3v) is 18.8. The Hall–Kier alpha value is -3.25. The minimum atomic E-state index is -4.65. The standard InChI is InChI=1S/C55H96N5O38P/c1-17(66)56-28-37(75)44(23(12-63)87-49(28)82)94-51-30(58-19(3)68)39(77)46(25(14-65)90-51)96-54-43(81)47(35(73)26(92-54)15-85-53-42(80)40(78)32(70)21(10-61)88-53)97-55-48(41(79)33(71)22(11-62)89-55)98-52-31(59-20(4)69)38(76)45(24(13-64)91-52)95-50-29(57-18(2)67)36(74)34(72)27(93-50)16-99(83,84)86-9-8-60(5,6)7/h21-55,61-65,70-82H,8-16H2,1-7H3,(H4-,56,57,58,59,66,67,68,69,83,84)/p+1/t21-,22-,23-,24-,25-,26-,27-,28-,29-,30-,31-,32-,33-,34+,35-,36-,37-,38-,39-,40+,41+,42+,43+,44-,45-,46-,47+,48+,49-,50+,51+,52+,53+,54+,55-/m1/s1. The smallest absolute Gasteiger partial charge is 0.331 e. The van der Waals surface area contributed by atoms with Crippen molar-refractivity contribution >= 4 is 31.2 Å². The average molecular weight is 1470 g/mol. The molecule has 36 atom stereocenters. The monoisotopic (exact) mass is 1470 g/mol. The number of carbonyl (C=O) groups excluding carboxylic acids is 4. The number of rotatable bonds is 28. The Labute approximate surface area is 564 Å². The SMILES string of the molecule is CC(=O)N[C@@H]1[C@@H](O)[C@H](O[C@@H]2O[C@H](CO)[C@@H](O[C@@H]3O[C@H](CO[C@H]4O[C@H](CO)[C@@H](O)[C@H](O)[C@@H]4O)[C@@H](O)[C@H](O[C@H]4O[C@H](CO)[C@@H](O)[C@H](O)[C@@H]4O[C@@H]4O[C@H](CO)[C@@H](O[C@@H]5O[C@H](CP(=O)(O)OCC[N+](C)(C)C)[C@H](O)[C@H](O)[C@H]5NC(C)=O)[C@H](O)[C@H]4NC(C)=O)[C@@H]3O)[C@H](O)[C@H]2NC(C)=O)[C@@H](CO)O[C@H]1O. The first-order valence-electron chi connectivity index (χ1n) is 31.6. The van der Waals surface area contributed by atoms with Gasteiger partial charge >= 0.3 is 7.60 Å². The zero-order chi connectivity index (χ0) is 73.6. The maximum Gasteiger partial charge on any atom is 0.331 e. The third kappa shape index (κ3) is 20.2. The van der Waals surface area contributed by atoms with E-state index in [9.17, 15) is 121 Å². The molecule has 0 radical (unpaired) electrons. The largest absolute Gasteiger partial charge is 0.394 e. The van der Waals surface area contributed by atoms with E-state index in [2.05, 4.69) is 21.3 Å². The summed E-state index contributed by atoms with van der Waals surface area (Å²) in [4.78, 5) is 61.2. The number of hydrogen-bond donors (Lipinski definition) is 23. The summed E-state index contributed by atoms with van der Waals surface area (Å²) in [6.07, 6.45) is -63.9. The Morgan fingerprint density at radius 3 is 1.20 bits per heavy atom. The second-order valence-corrected chi connectivity index (χ2v) is 27.9. The van der Waals surface area contributed by atoms with Crippen LogP contribution in [-0.4, -0.2) is 420 Å². The minimum absolute atomic E-state index is 0.244. The highest BCUT2D eigenvalue weighted by Gasteiger charge is 2.60. The molecule has 0 saturated carbocycles. The Bertz CT molecular complexity index is 2650. The van der Waals surface area contributed by atoms with Crippen molar-refractivity contribution in [3.05, 3.63) is 0 Å². The number of nitrogens with one attached hydrogen (secondary N) is 4. The van der Waals surface area contributed by atoms with Crippen molar-refractivity contribution in [2.45, 2.75) is 242 Å². The fourth-order valence-corrected chi connectivity index (χ4v) is 13.5. The van der Waals surface area contributed by atoms with Crippen molar-refractivity contribution in [1.29, 1.82) is 0 Å². The van der Waals surface area contributed by atoms with Crippen LogP contribution in [0.5, 0.6) is 0 Å². The van der Waals surface area contributed by atoms with Gasteiger partial charge in [0, 0.05) is 27.7 Å². The molecule has 0 aromatic heterocycles. The van der Waals surface area contributed by atoms with Crippen molar-refractivity contribution < 1.29 is 191 Å². The maximum absolute atomic E-state index is 13.3. The molecule has 7 aliphatic rings. The van der Waals surface area contributed by atoms with Gasteiger partial charge in [-0.05, 0) is 0 Å². The number of likely N-dealkylation sites (N-methyl/N-ethyl adjacent to an activating group) is 1. The predicted molar refractivity (Wildman–Crippen MR) is 315 cm³/mol. The van der Waals surface area contributed by atoms with E-state index in [0.29, 0.717) is 4.48 Å². The molecule has 0 aromatic rings. The normalized spacial score (nSPS) is 45.2. The first-order valence-corrected chi connectivity index (χ1v) is 33.4. The van der Waals surface area contributed by atoms with Gasteiger partial charge in [0.15, 0.2) is 44.0 Å². The van der Waals surface area contributed by atoms with Crippen LogP contribution in [0.15, 0.2) is 0 Å². The zero-order valence-electron chi connectivity index (χ0n) is 54.7. The van der Waals surface area contributed by atoms with Crippen molar-refractivity contribution in [3.63, 3.8) is 0 Å². The van der Waals surface area contributed by atoms with Crippen LogP contribution < -0.4 is 21.3 Å². The highest BCUT2D eigenvalue weighted by atomic mass is 31.2. The van der Waals surface area contributed by atoms with Gasteiger partial charge in [0.1, 0.15) is 184 Å². The molecule has 0 spiro atoms. The van der Waals surface area contributed by atoms with Crippen molar-refractivity contribution in [2.24, 2.45) is 0 Å². The lowest BCUT2D eigenvalue weighted by molar-refractivity contribution is -0.870. The summed E-state index contributed by atoms with van der Waals surface area (Å²) in [6.45, 7) is -2.30. The molecule has 7 aliphatic heterocycles. The second kappa shape index (κ2) is 35.7. The lowest BCUT2D eigenvalue weighted by Gasteiger charge is -2.51. The Morgan fingerprint density at radius 1 is 0.374 bits per heavy atom. The molecule has 7 fully saturated rings. The van der Waals surface area contributed by atoms with Crippen LogP contribution in [0.25, 0.3) is 0 Å². The van der Waals surface area contributed by atoms with Gasteiger partial charge in [-0.3, -0.25) is 23.7 Å². The van der Waals surface area contributed by atoms with Crippen LogP contribution in [0.2, 0.25) is 0 Å². The van der Waals surface area contributed by atoms with Gasteiger partial charge in [0.25, 0.3) is 0 Å². The van der Waals surface area contributed by atoms with Crippen molar-refractivity contribution in [3.8, 4) is 0 Å². The van der Waals surface area contributed by atoms with Gasteiger partial charge in [-0.1, -0.05) is 0 Å². The van der Waals surface area contributed by atoms with Crippen LogP contribution in [0.4, 0.5) is 0 Å². The average Bonchev–Trinajstić information content (AvgIpc) is 0.769. The molecule has 4 amide bonds. The summed E-state index contributed by atoms with van der Waals surface area (Å²) in [5.74, 6) is -3.41. The van der Waals surface area contributed by atoms with Gasteiger partial charge in [0.05, 0.1) is 66.9 Å². The molecule has 7 rings (SSSR count). The van der Waals surface area contributed by atoms with E-state index in [0.717, 1.165) is 27.7 Å². The molecule has 7 saturated heterocycles. The van der Waals surface area contributed by atoms with Gasteiger partial charge in [-0.15, -0.1) is 0 Å². The van der Waals surface area contributed by atoms with Crippen molar-refractivity contribution in [1.82, 2.24) is 21.3 Å². The number of aliphatic hydroxyl groups excluding tert-OH is 18. The first kappa shape index (κ1) is 83.0. The number of quaternary nitrogens is 1. The first-order chi connectivity index (χ1) is 46.4. The molecule has 44 heteroatoms.